The molecule has 0 unspecified atom stereocenters. The molecule has 1 amide bonds. The number of halogens is 1. The van der Waals surface area contributed by atoms with Gasteiger partial charge in [0.05, 0.1) is 12.2 Å². The Morgan fingerprint density at radius 2 is 2.00 bits per heavy atom. The smallest absolute Gasteiger partial charge is 0.251 e. The molecule has 2 rings (SSSR count). The highest BCUT2D eigenvalue weighted by molar-refractivity contribution is 9.10. The van der Waals surface area contributed by atoms with Gasteiger partial charge in [0.15, 0.2) is 5.89 Å². The van der Waals surface area contributed by atoms with Crippen LogP contribution in [0.2, 0.25) is 0 Å². The summed E-state index contributed by atoms with van der Waals surface area (Å²) in [5.41, 5.74) is 1.43. The fraction of sp³-hybridized carbons (Fsp3) is 0.231. The Morgan fingerprint density at radius 3 is 2.56 bits per heavy atom. The molecule has 0 bridgehead atoms. The Labute approximate surface area is 114 Å². The predicted molar refractivity (Wildman–Crippen MR) is 71.3 cm³/mol. The second-order valence-electron chi connectivity index (χ2n) is 3.93. The number of oxazole rings is 1. The van der Waals surface area contributed by atoms with Crippen molar-refractivity contribution in [3.05, 3.63) is 51.6 Å². The average molecular weight is 309 g/mol. The topological polar surface area (TPSA) is 55.1 Å². The highest BCUT2D eigenvalue weighted by Gasteiger charge is 2.09. The van der Waals surface area contributed by atoms with E-state index in [1.807, 2.05) is 19.1 Å². The number of hydrogen-bond donors (Lipinski definition) is 1. The van der Waals surface area contributed by atoms with Crippen LogP contribution in [0.25, 0.3) is 0 Å². The molecule has 18 heavy (non-hydrogen) atoms. The Kier molecular flexibility index (Phi) is 3.81. The maximum Gasteiger partial charge on any atom is 0.251 e. The first-order valence-electron chi connectivity index (χ1n) is 5.53. The van der Waals surface area contributed by atoms with E-state index in [1.165, 1.54) is 0 Å². The van der Waals surface area contributed by atoms with Crippen LogP contribution in [0.4, 0.5) is 0 Å². The number of benzene rings is 1. The van der Waals surface area contributed by atoms with Crippen molar-refractivity contribution in [1.29, 1.82) is 0 Å². The van der Waals surface area contributed by atoms with E-state index in [0.29, 0.717) is 23.8 Å². The van der Waals surface area contributed by atoms with E-state index in [1.54, 1.807) is 19.1 Å². The Morgan fingerprint density at radius 1 is 1.33 bits per heavy atom. The lowest BCUT2D eigenvalue weighted by Crippen LogP contribution is -2.22. The molecule has 1 aromatic heterocycles. The number of aryl methyl sites for hydroxylation is 2. The van der Waals surface area contributed by atoms with Crippen molar-refractivity contribution < 1.29 is 9.21 Å². The highest BCUT2D eigenvalue weighted by Crippen LogP contribution is 2.11. The zero-order valence-corrected chi connectivity index (χ0v) is 11.7. The fourth-order valence-electron chi connectivity index (χ4n) is 1.60. The summed E-state index contributed by atoms with van der Waals surface area (Å²) in [6.45, 7) is 3.99. The Hall–Kier alpha value is -1.62. The zero-order valence-electron chi connectivity index (χ0n) is 10.2. The van der Waals surface area contributed by atoms with Crippen molar-refractivity contribution in [3.8, 4) is 0 Å². The molecule has 0 atom stereocenters. The van der Waals surface area contributed by atoms with Crippen LogP contribution in [0.1, 0.15) is 27.7 Å². The van der Waals surface area contributed by atoms with E-state index in [2.05, 4.69) is 26.2 Å². The van der Waals surface area contributed by atoms with Gasteiger partial charge in [-0.05, 0) is 31.2 Å². The number of amides is 1. The quantitative estimate of drug-likeness (QED) is 0.948. The number of nitrogens with zero attached hydrogens (tertiary/aromatic N) is 1. The third kappa shape index (κ3) is 2.98. The van der Waals surface area contributed by atoms with Gasteiger partial charge in [-0.25, -0.2) is 4.98 Å². The minimum absolute atomic E-state index is 0.129. The summed E-state index contributed by atoms with van der Waals surface area (Å²) in [6, 6.07) is 7.19. The molecule has 0 saturated heterocycles. The van der Waals surface area contributed by atoms with Crippen LogP contribution in [0.3, 0.4) is 0 Å². The number of aromatic nitrogens is 1. The SMILES string of the molecule is Cc1nc(C)c(CNC(=O)c2ccc(Br)cc2)o1. The zero-order chi connectivity index (χ0) is 13.1. The third-order valence-corrected chi connectivity index (χ3v) is 3.04. The van der Waals surface area contributed by atoms with Gasteiger partial charge in [0.1, 0.15) is 5.76 Å². The summed E-state index contributed by atoms with van der Waals surface area (Å²) in [6.07, 6.45) is 0. The number of carbonyl (C=O) groups excluding carboxylic acids is 1. The molecule has 94 valence electrons. The molecule has 0 spiro atoms. The van der Waals surface area contributed by atoms with Crippen LogP contribution in [0, 0.1) is 13.8 Å². The van der Waals surface area contributed by atoms with Crippen molar-refractivity contribution in [1.82, 2.24) is 10.3 Å². The molecule has 1 heterocycles. The lowest BCUT2D eigenvalue weighted by atomic mass is 10.2. The minimum Gasteiger partial charge on any atom is -0.444 e. The number of carbonyl (C=O) groups is 1. The van der Waals surface area contributed by atoms with E-state index >= 15 is 0 Å². The molecule has 0 aliphatic heterocycles. The monoisotopic (exact) mass is 308 g/mol. The van der Waals surface area contributed by atoms with Crippen LogP contribution < -0.4 is 5.32 Å². The minimum atomic E-state index is -0.129. The van der Waals surface area contributed by atoms with Gasteiger partial charge >= 0.3 is 0 Å². The van der Waals surface area contributed by atoms with Crippen LogP contribution >= 0.6 is 15.9 Å². The molecule has 0 radical (unpaired) electrons. The standard InChI is InChI=1S/C13H13BrN2O2/c1-8-12(18-9(2)16-8)7-15-13(17)10-3-5-11(14)6-4-10/h3-6H,7H2,1-2H3,(H,15,17). The summed E-state index contributed by atoms with van der Waals surface area (Å²) in [7, 11) is 0. The first-order valence-corrected chi connectivity index (χ1v) is 6.32. The second-order valence-corrected chi connectivity index (χ2v) is 4.85. The van der Waals surface area contributed by atoms with Crippen molar-refractivity contribution in [2.24, 2.45) is 0 Å². The van der Waals surface area contributed by atoms with Crippen LogP contribution in [-0.4, -0.2) is 10.9 Å². The molecular weight excluding hydrogens is 296 g/mol. The van der Waals surface area contributed by atoms with Crippen molar-refractivity contribution >= 4 is 21.8 Å². The van der Waals surface area contributed by atoms with Gasteiger partial charge in [-0.3, -0.25) is 4.79 Å². The maximum absolute atomic E-state index is 11.9. The van der Waals surface area contributed by atoms with Crippen molar-refractivity contribution in [3.63, 3.8) is 0 Å². The normalized spacial score (nSPS) is 10.4. The molecule has 0 saturated carbocycles. The summed E-state index contributed by atoms with van der Waals surface area (Å²) in [4.78, 5) is 16.0. The largest absolute Gasteiger partial charge is 0.444 e. The first-order chi connectivity index (χ1) is 8.56. The van der Waals surface area contributed by atoms with E-state index in [4.69, 9.17) is 4.42 Å². The molecule has 1 aromatic carbocycles. The predicted octanol–water partition coefficient (Wildman–Crippen LogP) is 2.98. The first kappa shape index (κ1) is 12.8. The van der Waals surface area contributed by atoms with Gasteiger partial charge in [-0.1, -0.05) is 15.9 Å². The molecule has 2 aromatic rings. The van der Waals surface area contributed by atoms with Crippen LogP contribution in [-0.2, 0) is 6.54 Å². The third-order valence-electron chi connectivity index (χ3n) is 2.52. The Balaban J connectivity index is 2.00. The summed E-state index contributed by atoms with van der Waals surface area (Å²) < 4.78 is 6.33. The Bertz CT molecular complexity index is 561. The van der Waals surface area contributed by atoms with E-state index < -0.39 is 0 Å². The molecule has 0 aliphatic carbocycles. The van der Waals surface area contributed by atoms with E-state index in [9.17, 15) is 4.79 Å². The van der Waals surface area contributed by atoms with Gasteiger partial charge in [0, 0.05) is 17.0 Å². The van der Waals surface area contributed by atoms with Gasteiger partial charge in [-0.15, -0.1) is 0 Å². The summed E-state index contributed by atoms with van der Waals surface area (Å²) >= 11 is 3.33. The fourth-order valence-corrected chi connectivity index (χ4v) is 1.87. The highest BCUT2D eigenvalue weighted by atomic mass is 79.9. The molecule has 0 fully saturated rings. The summed E-state index contributed by atoms with van der Waals surface area (Å²) in [5, 5.41) is 2.80. The number of nitrogens with one attached hydrogen (secondary N) is 1. The molecule has 1 N–H and O–H groups in total. The van der Waals surface area contributed by atoms with E-state index in [0.717, 1.165) is 10.2 Å². The van der Waals surface area contributed by atoms with E-state index in [-0.39, 0.29) is 5.91 Å². The number of hydrogen-bond acceptors (Lipinski definition) is 3. The van der Waals surface area contributed by atoms with Gasteiger partial charge in [0.2, 0.25) is 0 Å². The number of rotatable bonds is 3. The lowest BCUT2D eigenvalue weighted by Gasteiger charge is -2.03. The van der Waals surface area contributed by atoms with Crippen LogP contribution in [0.5, 0.6) is 0 Å². The summed E-state index contributed by atoms with van der Waals surface area (Å²) in [5.74, 6) is 1.18. The maximum atomic E-state index is 11.9. The van der Waals surface area contributed by atoms with Crippen LogP contribution in [0.15, 0.2) is 33.2 Å². The molecule has 4 nitrogen and oxygen atoms in total. The molecule has 5 heteroatoms. The van der Waals surface area contributed by atoms with Gasteiger partial charge in [-0.2, -0.15) is 0 Å². The van der Waals surface area contributed by atoms with Gasteiger partial charge in [0.25, 0.3) is 5.91 Å². The van der Waals surface area contributed by atoms with Crippen molar-refractivity contribution in [2.75, 3.05) is 0 Å². The van der Waals surface area contributed by atoms with Crippen molar-refractivity contribution in [2.45, 2.75) is 20.4 Å². The van der Waals surface area contributed by atoms with Gasteiger partial charge < -0.3 is 9.73 Å². The lowest BCUT2D eigenvalue weighted by molar-refractivity contribution is 0.0948. The molecular formula is C13H13BrN2O2. The molecule has 0 aliphatic rings. The average Bonchev–Trinajstić information content (AvgIpc) is 2.66. The second kappa shape index (κ2) is 5.35.